The molecule has 0 spiro atoms. The fourth-order valence-electron chi connectivity index (χ4n) is 4.58. The normalized spacial score (nSPS) is 14.1. The summed E-state index contributed by atoms with van der Waals surface area (Å²) in [6.07, 6.45) is 1.91. The number of rotatable bonds is 4. The largest absolute Gasteiger partial charge is 0.508 e. The van der Waals surface area contributed by atoms with Crippen LogP contribution in [0.3, 0.4) is 0 Å². The van der Waals surface area contributed by atoms with Gasteiger partial charge in [-0.1, -0.05) is 43.2 Å². The molecule has 7 heteroatoms. The molecule has 6 rings (SSSR count). The number of allylic oxidation sites excluding steroid dienone is 2. The number of thiophene rings is 2. The molecule has 5 aromatic rings. The van der Waals surface area contributed by atoms with Gasteiger partial charge >= 0.3 is 0 Å². The van der Waals surface area contributed by atoms with E-state index in [9.17, 15) is 0 Å². The molecule has 0 unspecified atom stereocenters. The summed E-state index contributed by atoms with van der Waals surface area (Å²) in [7, 11) is 2.06. The summed E-state index contributed by atoms with van der Waals surface area (Å²) in [5.41, 5.74) is 6.71. The van der Waals surface area contributed by atoms with E-state index in [1.54, 1.807) is 22.7 Å². The van der Waals surface area contributed by atoms with Crippen molar-refractivity contribution in [2.24, 2.45) is 0 Å². The zero-order valence-electron chi connectivity index (χ0n) is 22.2. The second-order valence-electron chi connectivity index (χ2n) is 10.4. The van der Waals surface area contributed by atoms with Crippen LogP contribution in [0.1, 0.15) is 40.2 Å². The topological polar surface area (TPSA) is 28.6 Å². The van der Waals surface area contributed by atoms with Crippen LogP contribution in [0.25, 0.3) is 31.4 Å². The maximum Gasteiger partial charge on any atom is 0.107 e. The minimum Gasteiger partial charge on any atom is -0.508 e. The zero-order valence-corrected chi connectivity index (χ0v) is 26.1. The van der Waals surface area contributed by atoms with Gasteiger partial charge in [-0.3, -0.25) is 4.98 Å². The van der Waals surface area contributed by atoms with Crippen LogP contribution in [0.4, 0.5) is 5.69 Å². The van der Waals surface area contributed by atoms with Gasteiger partial charge in [0.25, 0.3) is 0 Å². The van der Waals surface area contributed by atoms with E-state index in [1.807, 2.05) is 18.3 Å². The van der Waals surface area contributed by atoms with Crippen molar-refractivity contribution in [1.29, 1.82) is 0 Å². The van der Waals surface area contributed by atoms with Gasteiger partial charge in [0, 0.05) is 49.1 Å². The van der Waals surface area contributed by atoms with Gasteiger partial charge in [0.05, 0.1) is 0 Å². The van der Waals surface area contributed by atoms with Gasteiger partial charge in [0.2, 0.25) is 0 Å². The van der Waals surface area contributed by atoms with Crippen LogP contribution in [0, 0.1) is 18.8 Å². The van der Waals surface area contributed by atoms with Crippen LogP contribution >= 0.6 is 22.7 Å². The van der Waals surface area contributed by atoms with E-state index in [0.29, 0.717) is 5.75 Å². The zero-order chi connectivity index (χ0) is 25.9. The van der Waals surface area contributed by atoms with E-state index in [1.165, 1.54) is 31.7 Å². The molecule has 0 amide bonds. The Balaban J connectivity index is 0.00000294. The Kier molecular flexibility index (Phi) is 7.19. The Bertz CT molecular complexity index is 1680. The van der Waals surface area contributed by atoms with Crippen LogP contribution in [0.2, 0.25) is 0 Å². The monoisotopic (exact) mass is 717 g/mol. The first kappa shape index (κ1) is 26.9. The standard InChI is InChI=1S/C31H28N3OS2.Pt/c1-19-20(2)34(18-33(19)6)22-8-7-9-23(15-22)35-29-17-26-25(16-28-24(11-13-36-28)30(26)37-29)27-14-21(10-12-32-27)31(3,4)5;/h7-14,16,18H,1-6H3;/q-3;. The molecule has 0 atom stereocenters. The average Bonchev–Trinajstić information content (AvgIpc) is 3.57. The molecule has 1 aliphatic heterocycles. The Morgan fingerprint density at radius 1 is 1.03 bits per heavy atom. The molecular weight excluding hydrogens is 690 g/mol. The molecule has 0 N–H and O–H groups in total. The van der Waals surface area contributed by atoms with Crippen molar-refractivity contribution in [2.45, 2.75) is 40.0 Å². The van der Waals surface area contributed by atoms with Crippen molar-refractivity contribution in [3.63, 3.8) is 0 Å². The van der Waals surface area contributed by atoms with Crippen LogP contribution in [0.5, 0.6) is 10.8 Å². The first-order valence-electron chi connectivity index (χ1n) is 12.3. The fraction of sp³-hybridized carbons (Fsp3) is 0.226. The third-order valence-corrected chi connectivity index (χ3v) is 8.82. The Morgan fingerprint density at radius 3 is 2.58 bits per heavy atom. The molecule has 3 aromatic heterocycles. The van der Waals surface area contributed by atoms with Gasteiger partial charge < -0.3 is 14.5 Å². The Morgan fingerprint density at radius 2 is 1.84 bits per heavy atom. The molecule has 198 valence electrons. The van der Waals surface area contributed by atoms with E-state index < -0.39 is 0 Å². The van der Waals surface area contributed by atoms with Crippen LogP contribution in [-0.4, -0.2) is 16.9 Å². The number of hydrogen-bond acceptors (Lipinski definition) is 6. The van der Waals surface area contributed by atoms with Gasteiger partial charge in [-0.2, -0.15) is 29.5 Å². The molecule has 0 fully saturated rings. The molecule has 0 saturated heterocycles. The summed E-state index contributed by atoms with van der Waals surface area (Å²) < 4.78 is 8.78. The summed E-state index contributed by atoms with van der Waals surface area (Å²) in [5, 5.41) is 5.15. The number of anilines is 1. The first-order chi connectivity index (χ1) is 17.7. The van der Waals surface area contributed by atoms with Gasteiger partial charge in [-0.25, -0.2) is 0 Å². The van der Waals surface area contributed by atoms with E-state index in [2.05, 4.69) is 106 Å². The summed E-state index contributed by atoms with van der Waals surface area (Å²) in [6, 6.07) is 21.8. The van der Waals surface area contributed by atoms with Gasteiger partial charge in [-0.15, -0.1) is 41.3 Å². The summed E-state index contributed by atoms with van der Waals surface area (Å²) in [6.45, 7) is 13.0. The van der Waals surface area contributed by atoms with Gasteiger partial charge in [0.1, 0.15) is 5.06 Å². The molecule has 1 aliphatic rings. The number of fused-ring (bicyclic) bond motifs is 3. The minimum absolute atomic E-state index is 0. The molecule has 0 aliphatic carbocycles. The van der Waals surface area contributed by atoms with Crippen molar-refractivity contribution >= 4 is 48.5 Å². The van der Waals surface area contributed by atoms with Crippen LogP contribution in [0.15, 0.2) is 65.4 Å². The quantitative estimate of drug-likeness (QED) is 0.174. The van der Waals surface area contributed by atoms with Crippen molar-refractivity contribution in [2.75, 3.05) is 11.9 Å². The Labute approximate surface area is 246 Å². The third kappa shape index (κ3) is 4.79. The third-order valence-electron chi connectivity index (χ3n) is 6.95. The number of hydrogen-bond donors (Lipinski definition) is 0. The van der Waals surface area contributed by atoms with Crippen LogP contribution in [-0.2, 0) is 26.5 Å². The number of benzene rings is 2. The van der Waals surface area contributed by atoms with E-state index >= 15 is 0 Å². The van der Waals surface area contributed by atoms with Crippen molar-refractivity contribution in [1.82, 2.24) is 9.88 Å². The summed E-state index contributed by atoms with van der Waals surface area (Å²) >= 11 is 3.38. The minimum atomic E-state index is 0. The van der Waals surface area contributed by atoms with Crippen molar-refractivity contribution < 1.29 is 25.8 Å². The molecule has 38 heavy (non-hydrogen) atoms. The van der Waals surface area contributed by atoms with Gasteiger partial charge in [-0.05, 0) is 60.5 Å². The molecule has 4 nitrogen and oxygen atoms in total. The maximum absolute atomic E-state index is 6.37. The van der Waals surface area contributed by atoms with E-state index in [-0.39, 0.29) is 26.5 Å². The van der Waals surface area contributed by atoms with Crippen molar-refractivity contribution in [3.05, 3.63) is 89.8 Å². The summed E-state index contributed by atoms with van der Waals surface area (Å²) in [5.74, 6) is 0.671. The van der Waals surface area contributed by atoms with E-state index in [0.717, 1.165) is 27.4 Å². The Hall–Kier alpha value is -2.66. The maximum atomic E-state index is 6.37. The van der Waals surface area contributed by atoms with Gasteiger partial charge in [0.15, 0.2) is 0 Å². The molecular formula is C31H28N3OPtS2-3. The predicted octanol–water partition coefficient (Wildman–Crippen LogP) is 8.99. The predicted molar refractivity (Wildman–Crippen MR) is 156 cm³/mol. The molecule has 0 radical (unpaired) electrons. The van der Waals surface area contributed by atoms with Crippen LogP contribution < -0.4 is 9.64 Å². The number of nitrogens with zero attached hydrogens (tertiary/aromatic N) is 3. The van der Waals surface area contributed by atoms with Crippen molar-refractivity contribution in [3.8, 4) is 22.1 Å². The first-order valence-corrected chi connectivity index (χ1v) is 14.0. The molecule has 0 bridgehead atoms. The molecule has 2 aromatic carbocycles. The molecule has 4 heterocycles. The second-order valence-corrected chi connectivity index (χ2v) is 12.4. The summed E-state index contributed by atoms with van der Waals surface area (Å²) in [4.78, 5) is 9.01. The van der Waals surface area contributed by atoms with E-state index in [4.69, 9.17) is 9.72 Å². The second kappa shape index (κ2) is 10.1. The number of pyridine rings is 1. The molecule has 0 saturated carbocycles. The number of ether oxygens (including phenoxy) is 1. The number of aromatic nitrogens is 1. The average molecular weight is 718 g/mol. The SMILES string of the molecule is CC1=C(C)N(c2[c-]c(Oc3[c-]c4c(-c5cc(C(C)(C)C)ccn5)cc5sccc5c4s3)ccc2)[CH-]N1C.[Pt]. The fourth-order valence-corrected chi connectivity index (χ4v) is 6.50. The smallest absolute Gasteiger partial charge is 0.107 e.